The number of aryl methyl sites for hydroxylation is 1. The third-order valence-corrected chi connectivity index (χ3v) is 2.34. The summed E-state index contributed by atoms with van der Waals surface area (Å²) in [6, 6.07) is 12.0. The topological polar surface area (TPSA) is 72.3 Å². The number of aliphatic carboxylic acids is 1. The maximum atomic E-state index is 11.2. The smallest absolute Gasteiger partial charge is 0.349 e. The van der Waals surface area contributed by atoms with Crippen LogP contribution in [0.2, 0.25) is 0 Å². The van der Waals surface area contributed by atoms with E-state index in [1.807, 2.05) is 6.07 Å². The molecule has 1 N–H and O–H groups in total. The molecule has 0 fully saturated rings. The molecule has 0 aliphatic heterocycles. The molecule has 18 heavy (non-hydrogen) atoms. The van der Waals surface area contributed by atoms with Crippen LogP contribution in [0.15, 0.2) is 42.5 Å². The second kappa shape index (κ2) is 5.27. The van der Waals surface area contributed by atoms with Crippen molar-refractivity contribution in [3.05, 3.63) is 53.7 Å². The number of hydrogen-bond donors (Lipinski definition) is 1. The normalized spacial score (nSPS) is 11.8. The minimum absolute atomic E-state index is 0.192. The summed E-state index contributed by atoms with van der Waals surface area (Å²) < 4.78 is 5.34. The van der Waals surface area contributed by atoms with Gasteiger partial charge in [-0.15, -0.1) is 5.10 Å². The van der Waals surface area contributed by atoms with Gasteiger partial charge in [-0.2, -0.15) is 5.10 Å². The van der Waals surface area contributed by atoms with Gasteiger partial charge < -0.3 is 9.84 Å². The lowest BCUT2D eigenvalue weighted by atomic mass is 10.1. The average Bonchev–Trinajstić information content (AvgIpc) is 2.38. The third kappa shape index (κ3) is 2.82. The molecule has 0 aliphatic carbocycles. The van der Waals surface area contributed by atoms with Crippen LogP contribution < -0.4 is 4.74 Å². The van der Waals surface area contributed by atoms with Crippen molar-refractivity contribution < 1.29 is 14.6 Å². The van der Waals surface area contributed by atoms with Crippen LogP contribution in [-0.4, -0.2) is 21.3 Å². The van der Waals surface area contributed by atoms with Crippen LogP contribution >= 0.6 is 0 Å². The molecule has 92 valence electrons. The van der Waals surface area contributed by atoms with Gasteiger partial charge in [0, 0.05) is 11.6 Å². The van der Waals surface area contributed by atoms with Crippen molar-refractivity contribution >= 4 is 5.97 Å². The fraction of sp³-hybridized carbons (Fsp3) is 0.154. The predicted octanol–water partition coefficient (Wildman–Crippen LogP) is 1.99. The van der Waals surface area contributed by atoms with Gasteiger partial charge in [-0.25, -0.2) is 4.79 Å². The number of carboxylic acids is 1. The van der Waals surface area contributed by atoms with Crippen LogP contribution in [-0.2, 0) is 4.79 Å². The minimum atomic E-state index is -1.08. The lowest BCUT2D eigenvalue weighted by Gasteiger charge is -2.14. The fourth-order valence-electron chi connectivity index (χ4n) is 1.46. The van der Waals surface area contributed by atoms with Gasteiger partial charge in [0.25, 0.3) is 0 Å². The lowest BCUT2D eigenvalue weighted by Crippen LogP contribution is -2.18. The second-order valence-electron chi connectivity index (χ2n) is 3.76. The Morgan fingerprint density at radius 2 is 1.89 bits per heavy atom. The Kier molecular flexibility index (Phi) is 3.52. The Morgan fingerprint density at radius 1 is 1.17 bits per heavy atom. The number of benzene rings is 1. The molecule has 0 saturated carbocycles. The van der Waals surface area contributed by atoms with Gasteiger partial charge in [-0.3, -0.25) is 0 Å². The summed E-state index contributed by atoms with van der Waals surface area (Å²) in [6.07, 6.45) is -1.08. The van der Waals surface area contributed by atoms with E-state index in [-0.39, 0.29) is 5.88 Å². The summed E-state index contributed by atoms with van der Waals surface area (Å²) in [6.45, 7) is 1.79. The average molecular weight is 244 g/mol. The van der Waals surface area contributed by atoms with E-state index < -0.39 is 12.1 Å². The maximum Gasteiger partial charge on any atom is 0.349 e. The Bertz CT molecular complexity index is 526. The number of nitrogens with zero attached hydrogens (tertiary/aromatic N) is 2. The molecule has 1 aromatic heterocycles. The summed E-state index contributed by atoms with van der Waals surface area (Å²) in [5.74, 6) is -0.875. The van der Waals surface area contributed by atoms with Gasteiger partial charge in [0.05, 0.1) is 5.69 Å². The number of carbonyl (C=O) groups is 1. The van der Waals surface area contributed by atoms with Gasteiger partial charge in [0.2, 0.25) is 12.0 Å². The molecule has 1 heterocycles. The maximum absolute atomic E-state index is 11.2. The molecule has 2 rings (SSSR count). The van der Waals surface area contributed by atoms with E-state index >= 15 is 0 Å². The van der Waals surface area contributed by atoms with Crippen LogP contribution in [0.5, 0.6) is 5.88 Å². The first-order valence-electron chi connectivity index (χ1n) is 5.41. The molecule has 2 aromatic rings. The van der Waals surface area contributed by atoms with E-state index in [9.17, 15) is 4.79 Å². The van der Waals surface area contributed by atoms with Gasteiger partial charge in [0.1, 0.15) is 0 Å². The molecule has 5 nitrogen and oxygen atoms in total. The standard InChI is InChI=1S/C13H12N2O3/c1-9-7-8-11(15-14-9)18-12(13(16)17)10-5-3-2-4-6-10/h2-8,12H,1H3,(H,16,17). The quantitative estimate of drug-likeness (QED) is 0.890. The SMILES string of the molecule is Cc1ccc(OC(C(=O)O)c2ccccc2)nn1. The van der Waals surface area contributed by atoms with Crippen molar-refractivity contribution in [2.75, 3.05) is 0 Å². The zero-order valence-corrected chi connectivity index (χ0v) is 9.78. The van der Waals surface area contributed by atoms with Gasteiger partial charge in [-0.1, -0.05) is 30.3 Å². The Labute approximate surface area is 104 Å². The first-order valence-corrected chi connectivity index (χ1v) is 5.41. The minimum Gasteiger partial charge on any atom is -0.478 e. The Balaban J connectivity index is 2.22. The number of aromatic nitrogens is 2. The number of rotatable bonds is 4. The van der Waals surface area contributed by atoms with Crippen molar-refractivity contribution in [2.24, 2.45) is 0 Å². The van der Waals surface area contributed by atoms with E-state index in [1.54, 1.807) is 43.3 Å². The molecule has 1 atom stereocenters. The monoisotopic (exact) mass is 244 g/mol. The van der Waals surface area contributed by atoms with Crippen molar-refractivity contribution in [3.8, 4) is 5.88 Å². The van der Waals surface area contributed by atoms with E-state index in [0.717, 1.165) is 5.69 Å². The van der Waals surface area contributed by atoms with Crippen LogP contribution in [0, 0.1) is 6.92 Å². The van der Waals surface area contributed by atoms with Crippen LogP contribution in [0.25, 0.3) is 0 Å². The molecule has 0 bridgehead atoms. The second-order valence-corrected chi connectivity index (χ2v) is 3.76. The molecule has 5 heteroatoms. The van der Waals surface area contributed by atoms with Crippen molar-refractivity contribution in [3.63, 3.8) is 0 Å². The summed E-state index contributed by atoms with van der Waals surface area (Å²) >= 11 is 0. The molecule has 0 spiro atoms. The fourth-order valence-corrected chi connectivity index (χ4v) is 1.46. The van der Waals surface area contributed by atoms with Gasteiger partial charge in [0.15, 0.2) is 0 Å². The Morgan fingerprint density at radius 3 is 2.44 bits per heavy atom. The highest BCUT2D eigenvalue weighted by atomic mass is 16.5. The van der Waals surface area contributed by atoms with Gasteiger partial charge >= 0.3 is 5.97 Å². The van der Waals surface area contributed by atoms with Crippen molar-refractivity contribution in [1.82, 2.24) is 10.2 Å². The number of hydrogen-bond acceptors (Lipinski definition) is 4. The molecule has 0 radical (unpaired) electrons. The molecule has 1 unspecified atom stereocenters. The molecule has 0 amide bonds. The van der Waals surface area contributed by atoms with E-state index in [0.29, 0.717) is 5.56 Å². The Hall–Kier alpha value is -2.43. The zero-order valence-electron chi connectivity index (χ0n) is 9.78. The highest BCUT2D eigenvalue weighted by Gasteiger charge is 2.22. The van der Waals surface area contributed by atoms with Crippen molar-refractivity contribution in [2.45, 2.75) is 13.0 Å². The lowest BCUT2D eigenvalue weighted by molar-refractivity contribution is -0.145. The van der Waals surface area contributed by atoms with Crippen LogP contribution in [0.1, 0.15) is 17.4 Å². The summed E-state index contributed by atoms with van der Waals surface area (Å²) in [5.41, 5.74) is 1.31. The largest absolute Gasteiger partial charge is 0.478 e. The molecule has 1 aromatic carbocycles. The van der Waals surface area contributed by atoms with E-state index in [2.05, 4.69) is 10.2 Å². The third-order valence-electron chi connectivity index (χ3n) is 2.34. The molecular formula is C13H12N2O3. The zero-order chi connectivity index (χ0) is 13.0. The molecular weight excluding hydrogens is 232 g/mol. The summed E-state index contributed by atoms with van der Waals surface area (Å²) in [4.78, 5) is 11.2. The first-order chi connectivity index (χ1) is 8.66. The first kappa shape index (κ1) is 12.0. The predicted molar refractivity (Wildman–Crippen MR) is 64.2 cm³/mol. The number of carboxylic acid groups (broad SMARTS) is 1. The van der Waals surface area contributed by atoms with Crippen molar-refractivity contribution in [1.29, 1.82) is 0 Å². The number of ether oxygens (including phenoxy) is 1. The highest BCUT2D eigenvalue weighted by molar-refractivity contribution is 5.74. The van der Waals surface area contributed by atoms with Gasteiger partial charge in [-0.05, 0) is 13.0 Å². The molecule has 0 saturated heterocycles. The summed E-state index contributed by atoms with van der Waals surface area (Å²) in [7, 11) is 0. The molecule has 0 aliphatic rings. The van der Waals surface area contributed by atoms with Crippen LogP contribution in [0.4, 0.5) is 0 Å². The highest BCUT2D eigenvalue weighted by Crippen LogP contribution is 2.20. The summed E-state index contributed by atoms with van der Waals surface area (Å²) in [5, 5.41) is 16.8. The van der Waals surface area contributed by atoms with Crippen LogP contribution in [0.3, 0.4) is 0 Å². The van der Waals surface area contributed by atoms with E-state index in [1.165, 1.54) is 0 Å². The van der Waals surface area contributed by atoms with E-state index in [4.69, 9.17) is 9.84 Å².